The molecule has 0 aliphatic carbocycles. The Bertz CT molecular complexity index is 1070. The summed E-state index contributed by atoms with van der Waals surface area (Å²) in [7, 11) is 0. The molecule has 31 heavy (non-hydrogen) atoms. The van der Waals surface area contributed by atoms with E-state index in [9.17, 15) is 4.79 Å². The van der Waals surface area contributed by atoms with Gasteiger partial charge in [0.2, 0.25) is 5.91 Å². The maximum atomic E-state index is 13.0. The fourth-order valence-electron chi connectivity index (χ4n) is 4.57. The van der Waals surface area contributed by atoms with Gasteiger partial charge in [-0.3, -0.25) is 4.79 Å². The van der Waals surface area contributed by atoms with Gasteiger partial charge in [-0.2, -0.15) is 5.10 Å². The van der Waals surface area contributed by atoms with Crippen LogP contribution in [0.5, 0.6) is 0 Å². The normalized spacial score (nSPS) is 19.7. The molecule has 0 bridgehead atoms. The highest BCUT2D eigenvalue weighted by atomic mass is 16.5. The number of morpholine rings is 1. The summed E-state index contributed by atoms with van der Waals surface area (Å²) in [6.07, 6.45) is 4.52. The van der Waals surface area contributed by atoms with Crippen LogP contribution in [0, 0.1) is 6.92 Å². The third kappa shape index (κ3) is 4.28. The van der Waals surface area contributed by atoms with Crippen molar-refractivity contribution in [1.29, 1.82) is 0 Å². The monoisotopic (exact) mass is 419 g/mol. The number of hydrogen-bond donors (Lipinski definition) is 0. The minimum Gasteiger partial charge on any atom is -0.378 e. The van der Waals surface area contributed by atoms with Crippen molar-refractivity contribution < 1.29 is 9.53 Å². The lowest BCUT2D eigenvalue weighted by Gasteiger charge is -2.31. The lowest BCUT2D eigenvalue weighted by atomic mass is 9.96. The van der Waals surface area contributed by atoms with E-state index in [0.717, 1.165) is 68.4 Å². The number of piperidine rings is 1. The quantitative estimate of drug-likeness (QED) is 0.651. The first kappa shape index (κ1) is 20.0. The molecule has 0 spiro atoms. The van der Waals surface area contributed by atoms with Gasteiger partial charge in [0.05, 0.1) is 31.5 Å². The second-order valence-corrected chi connectivity index (χ2v) is 8.54. The molecule has 2 saturated heterocycles. The van der Waals surface area contributed by atoms with E-state index in [1.165, 1.54) is 5.56 Å². The number of nitrogens with zero attached hydrogens (tertiary/aromatic N) is 5. The van der Waals surface area contributed by atoms with Crippen molar-refractivity contribution in [3.8, 4) is 0 Å². The SMILES string of the molecule is Cc1ccccc1CC(=O)N1CCC[C@H](c2nc3ccc(N4CCOCC4)cn3n2)C1. The first-order valence-electron chi connectivity index (χ1n) is 11.2. The molecule has 1 amide bonds. The van der Waals surface area contributed by atoms with E-state index >= 15 is 0 Å². The topological polar surface area (TPSA) is 63.0 Å². The van der Waals surface area contributed by atoms with E-state index in [0.29, 0.717) is 13.0 Å². The molecule has 1 atom stereocenters. The Labute approximate surface area is 182 Å². The Morgan fingerprint density at radius 1 is 1.13 bits per heavy atom. The van der Waals surface area contributed by atoms with Crippen molar-refractivity contribution in [2.24, 2.45) is 0 Å². The molecule has 2 fully saturated rings. The lowest BCUT2D eigenvalue weighted by molar-refractivity contribution is -0.131. The van der Waals surface area contributed by atoms with Crippen molar-refractivity contribution in [1.82, 2.24) is 19.5 Å². The van der Waals surface area contributed by atoms with Gasteiger partial charge < -0.3 is 14.5 Å². The van der Waals surface area contributed by atoms with E-state index in [1.807, 2.05) is 33.7 Å². The first-order chi connectivity index (χ1) is 15.2. The smallest absolute Gasteiger partial charge is 0.227 e. The highest BCUT2D eigenvalue weighted by molar-refractivity contribution is 5.79. The molecule has 0 N–H and O–H groups in total. The van der Waals surface area contributed by atoms with E-state index in [2.05, 4.69) is 30.2 Å². The fourth-order valence-corrected chi connectivity index (χ4v) is 4.57. The number of hydrogen-bond acceptors (Lipinski definition) is 5. The van der Waals surface area contributed by atoms with Crippen LogP contribution in [-0.2, 0) is 16.0 Å². The van der Waals surface area contributed by atoms with E-state index in [4.69, 9.17) is 14.8 Å². The fraction of sp³-hybridized carbons (Fsp3) is 0.458. The van der Waals surface area contributed by atoms with Gasteiger partial charge >= 0.3 is 0 Å². The number of fused-ring (bicyclic) bond motifs is 1. The number of rotatable bonds is 4. The molecule has 0 saturated carbocycles. The van der Waals surface area contributed by atoms with Gasteiger partial charge in [-0.1, -0.05) is 24.3 Å². The van der Waals surface area contributed by atoms with Crippen molar-refractivity contribution in [2.45, 2.75) is 32.1 Å². The van der Waals surface area contributed by atoms with E-state index in [-0.39, 0.29) is 11.8 Å². The van der Waals surface area contributed by atoms with Crippen molar-refractivity contribution in [2.75, 3.05) is 44.3 Å². The van der Waals surface area contributed by atoms with E-state index < -0.39 is 0 Å². The minimum absolute atomic E-state index is 0.182. The summed E-state index contributed by atoms with van der Waals surface area (Å²) in [5, 5.41) is 4.79. The minimum atomic E-state index is 0.182. The third-order valence-electron chi connectivity index (χ3n) is 6.45. The largest absolute Gasteiger partial charge is 0.378 e. The summed E-state index contributed by atoms with van der Waals surface area (Å²) in [6.45, 7) is 6.88. The number of aromatic nitrogens is 3. The van der Waals surface area contributed by atoms with Crippen molar-refractivity contribution in [3.05, 3.63) is 59.5 Å². The van der Waals surface area contributed by atoms with Crippen LogP contribution in [0.4, 0.5) is 5.69 Å². The number of amides is 1. The predicted molar refractivity (Wildman–Crippen MR) is 119 cm³/mol. The molecule has 2 aliphatic rings. The molecule has 7 nitrogen and oxygen atoms in total. The number of pyridine rings is 1. The van der Waals surface area contributed by atoms with Crippen LogP contribution >= 0.6 is 0 Å². The zero-order chi connectivity index (χ0) is 21.2. The predicted octanol–water partition coefficient (Wildman–Crippen LogP) is 2.82. The highest BCUT2D eigenvalue weighted by Gasteiger charge is 2.27. The van der Waals surface area contributed by atoms with Crippen molar-refractivity contribution >= 4 is 17.2 Å². The second-order valence-electron chi connectivity index (χ2n) is 8.54. The van der Waals surface area contributed by atoms with Crippen molar-refractivity contribution in [3.63, 3.8) is 0 Å². The molecule has 7 heteroatoms. The van der Waals surface area contributed by atoms with Gasteiger partial charge in [-0.25, -0.2) is 9.50 Å². The molecule has 5 rings (SSSR count). The van der Waals surface area contributed by atoms with Gasteiger partial charge in [0, 0.05) is 32.1 Å². The molecule has 0 unspecified atom stereocenters. The molecule has 3 aromatic rings. The van der Waals surface area contributed by atoms with Gasteiger partial charge in [-0.15, -0.1) is 0 Å². The summed E-state index contributed by atoms with van der Waals surface area (Å²) in [4.78, 5) is 22.0. The first-order valence-corrected chi connectivity index (χ1v) is 11.2. The summed E-state index contributed by atoms with van der Waals surface area (Å²) >= 11 is 0. The molecule has 162 valence electrons. The van der Waals surface area contributed by atoms with Gasteiger partial charge in [0.1, 0.15) is 0 Å². The summed E-state index contributed by atoms with van der Waals surface area (Å²) in [5.74, 6) is 1.21. The highest BCUT2D eigenvalue weighted by Crippen LogP contribution is 2.26. The Balaban J connectivity index is 1.30. The molecule has 2 aromatic heterocycles. The maximum Gasteiger partial charge on any atom is 0.227 e. The zero-order valence-electron chi connectivity index (χ0n) is 18.0. The number of anilines is 1. The summed E-state index contributed by atoms with van der Waals surface area (Å²) < 4.78 is 7.34. The van der Waals surface area contributed by atoms with Crippen LogP contribution in [0.1, 0.15) is 35.7 Å². The van der Waals surface area contributed by atoms with E-state index in [1.54, 1.807) is 0 Å². The Morgan fingerprint density at radius 2 is 1.97 bits per heavy atom. The lowest BCUT2D eigenvalue weighted by Crippen LogP contribution is -2.40. The third-order valence-corrected chi connectivity index (χ3v) is 6.45. The maximum absolute atomic E-state index is 13.0. The number of carbonyl (C=O) groups excluding carboxylic acids is 1. The van der Waals surface area contributed by atoms with Crippen LogP contribution in [0.3, 0.4) is 0 Å². The molecular weight excluding hydrogens is 390 g/mol. The standard InChI is InChI=1S/C24H29N5O2/c1-18-5-2-3-6-19(18)15-23(30)28-10-4-7-20(16-28)24-25-22-9-8-21(17-29(22)26-24)27-11-13-31-14-12-27/h2-3,5-6,8-9,17,20H,4,7,10-16H2,1H3/t20-/m0/s1. The summed E-state index contributed by atoms with van der Waals surface area (Å²) in [6, 6.07) is 12.3. The Kier molecular flexibility index (Phi) is 5.59. The van der Waals surface area contributed by atoms with Crippen LogP contribution < -0.4 is 4.90 Å². The van der Waals surface area contributed by atoms with Crippen LogP contribution in [0.25, 0.3) is 5.65 Å². The Morgan fingerprint density at radius 3 is 2.81 bits per heavy atom. The van der Waals surface area contributed by atoms with Gasteiger partial charge in [-0.05, 0) is 43.0 Å². The number of likely N-dealkylation sites (tertiary alicyclic amines) is 1. The zero-order valence-corrected chi connectivity index (χ0v) is 18.0. The van der Waals surface area contributed by atoms with Crippen LogP contribution in [-0.4, -0.2) is 64.8 Å². The van der Waals surface area contributed by atoms with Gasteiger partial charge in [0.25, 0.3) is 0 Å². The summed E-state index contributed by atoms with van der Waals surface area (Å²) in [5.41, 5.74) is 4.28. The molecule has 2 aliphatic heterocycles. The number of ether oxygens (including phenoxy) is 1. The molecule has 1 aromatic carbocycles. The van der Waals surface area contributed by atoms with Gasteiger partial charge in [0.15, 0.2) is 11.5 Å². The molecular formula is C24H29N5O2. The average Bonchev–Trinajstić information content (AvgIpc) is 3.25. The number of carbonyl (C=O) groups is 1. The second kappa shape index (κ2) is 8.67. The number of benzene rings is 1. The van der Waals surface area contributed by atoms with Crippen LogP contribution in [0.2, 0.25) is 0 Å². The Hall–Kier alpha value is -2.93. The average molecular weight is 420 g/mol. The molecule has 0 radical (unpaired) electrons. The van der Waals surface area contributed by atoms with Crippen LogP contribution in [0.15, 0.2) is 42.6 Å². The number of aryl methyl sites for hydroxylation is 1. The molecule has 4 heterocycles.